The van der Waals surface area contributed by atoms with Gasteiger partial charge in [0.2, 0.25) is 0 Å². The molecule has 2 N–H and O–H groups in total. The average molecular weight is 357 g/mol. The van der Waals surface area contributed by atoms with Gasteiger partial charge in [-0.3, -0.25) is 0 Å². The van der Waals surface area contributed by atoms with Crippen LogP contribution in [0, 0.1) is 0 Å². The van der Waals surface area contributed by atoms with Gasteiger partial charge in [-0.2, -0.15) is 8.78 Å². The zero-order valence-corrected chi connectivity index (χ0v) is 14.8. The Morgan fingerprint density at radius 3 is 2.56 bits per heavy atom. The number of nitrogens with two attached hydrogens (primary N) is 1. The van der Waals surface area contributed by atoms with Crippen LogP contribution in [-0.4, -0.2) is 49.4 Å². The van der Waals surface area contributed by atoms with Gasteiger partial charge >= 0.3 is 12.7 Å². The number of carbonyl (C=O) groups excluding carboxylic acids is 1. The summed E-state index contributed by atoms with van der Waals surface area (Å²) in [5, 5.41) is 0. The second-order valence-electron chi connectivity index (χ2n) is 6.91. The number of nitrogens with zero attached hydrogens (tertiary/aromatic N) is 2. The van der Waals surface area contributed by atoms with Gasteiger partial charge in [0, 0.05) is 37.9 Å². The first-order valence-electron chi connectivity index (χ1n) is 8.23. The predicted octanol–water partition coefficient (Wildman–Crippen LogP) is 3.32. The van der Waals surface area contributed by atoms with Crippen molar-refractivity contribution in [3.63, 3.8) is 0 Å². The van der Waals surface area contributed by atoms with Crippen molar-refractivity contribution < 1.29 is 23.0 Å². The Hall–Kier alpha value is -2.25. The lowest BCUT2D eigenvalue weighted by Gasteiger charge is -2.27. The van der Waals surface area contributed by atoms with Crippen LogP contribution in [0.2, 0.25) is 0 Å². The zero-order valence-electron chi connectivity index (χ0n) is 14.8. The molecule has 1 heterocycles. The van der Waals surface area contributed by atoms with Crippen LogP contribution in [0.3, 0.4) is 0 Å². The number of hydrogen-bond donors (Lipinski definition) is 1. The molecule has 0 atom stereocenters. The molecule has 0 unspecified atom stereocenters. The molecule has 8 heteroatoms. The van der Waals surface area contributed by atoms with E-state index in [1.54, 1.807) is 17.0 Å². The van der Waals surface area contributed by atoms with Gasteiger partial charge in [0.05, 0.1) is 5.69 Å². The number of amides is 1. The minimum Gasteiger partial charge on any atom is -0.444 e. The van der Waals surface area contributed by atoms with E-state index in [1.165, 1.54) is 6.07 Å². The van der Waals surface area contributed by atoms with Gasteiger partial charge < -0.3 is 25.0 Å². The van der Waals surface area contributed by atoms with Crippen LogP contribution in [0.1, 0.15) is 27.2 Å². The van der Waals surface area contributed by atoms with Crippen LogP contribution in [0.15, 0.2) is 18.2 Å². The van der Waals surface area contributed by atoms with Gasteiger partial charge in [-0.05, 0) is 39.3 Å². The number of benzene rings is 1. The number of rotatable bonds is 3. The zero-order chi connectivity index (χ0) is 18.6. The topological polar surface area (TPSA) is 68.0 Å². The summed E-state index contributed by atoms with van der Waals surface area (Å²) in [4.78, 5) is 15.9. The van der Waals surface area contributed by atoms with Crippen LogP contribution >= 0.6 is 0 Å². The molecule has 0 bridgehead atoms. The fraction of sp³-hybridized carbons (Fsp3) is 0.588. The molecule has 1 aromatic rings. The molecule has 1 aliphatic heterocycles. The molecule has 0 spiro atoms. The summed E-state index contributed by atoms with van der Waals surface area (Å²) in [5.41, 5.74) is 6.03. The van der Waals surface area contributed by atoms with Crippen molar-refractivity contribution in [2.75, 3.05) is 36.8 Å². The van der Waals surface area contributed by atoms with E-state index in [9.17, 15) is 13.6 Å². The Labute approximate surface area is 146 Å². The lowest BCUT2D eigenvalue weighted by Crippen LogP contribution is -2.39. The fourth-order valence-corrected chi connectivity index (χ4v) is 2.60. The number of ether oxygens (including phenoxy) is 2. The van der Waals surface area contributed by atoms with Crippen LogP contribution in [-0.2, 0) is 4.74 Å². The van der Waals surface area contributed by atoms with Gasteiger partial charge in [0.25, 0.3) is 0 Å². The van der Waals surface area contributed by atoms with E-state index in [0.717, 1.165) is 12.1 Å². The van der Waals surface area contributed by atoms with Crippen LogP contribution in [0.5, 0.6) is 5.75 Å². The predicted molar refractivity (Wildman–Crippen MR) is 92.1 cm³/mol. The Balaban J connectivity index is 2.04. The Morgan fingerprint density at radius 2 is 1.92 bits per heavy atom. The quantitative estimate of drug-likeness (QED) is 0.841. The molecule has 140 valence electrons. The molecule has 2 rings (SSSR count). The van der Waals surface area contributed by atoms with Crippen LogP contribution < -0.4 is 15.4 Å². The van der Waals surface area contributed by atoms with Gasteiger partial charge in [-0.1, -0.05) is 0 Å². The van der Waals surface area contributed by atoms with Crippen molar-refractivity contribution >= 4 is 17.5 Å². The monoisotopic (exact) mass is 357 g/mol. The highest BCUT2D eigenvalue weighted by Crippen LogP contribution is 2.29. The molecular formula is C17H25F2N3O3. The lowest BCUT2D eigenvalue weighted by atomic mass is 10.2. The van der Waals surface area contributed by atoms with Gasteiger partial charge in [0.15, 0.2) is 5.75 Å². The number of carbonyl (C=O) groups is 1. The third kappa shape index (κ3) is 5.65. The highest BCUT2D eigenvalue weighted by atomic mass is 19.3. The first kappa shape index (κ1) is 19.1. The van der Waals surface area contributed by atoms with Crippen molar-refractivity contribution in [1.82, 2.24) is 4.90 Å². The second-order valence-corrected chi connectivity index (χ2v) is 6.91. The molecule has 25 heavy (non-hydrogen) atoms. The summed E-state index contributed by atoms with van der Waals surface area (Å²) < 4.78 is 34.8. The summed E-state index contributed by atoms with van der Waals surface area (Å²) >= 11 is 0. The van der Waals surface area contributed by atoms with Crippen molar-refractivity contribution in [3.8, 4) is 5.75 Å². The highest BCUT2D eigenvalue weighted by molar-refractivity contribution is 5.68. The molecule has 1 aromatic carbocycles. The number of alkyl halides is 2. The Morgan fingerprint density at radius 1 is 1.20 bits per heavy atom. The smallest absolute Gasteiger partial charge is 0.410 e. The lowest BCUT2D eigenvalue weighted by molar-refractivity contribution is -0.0493. The molecule has 0 aliphatic carbocycles. The van der Waals surface area contributed by atoms with E-state index in [0.29, 0.717) is 26.2 Å². The maximum absolute atomic E-state index is 12.5. The summed E-state index contributed by atoms with van der Waals surface area (Å²) in [6, 6.07) is 4.81. The summed E-state index contributed by atoms with van der Waals surface area (Å²) in [5.74, 6) is -0.0410. The van der Waals surface area contributed by atoms with Crippen molar-refractivity contribution in [2.24, 2.45) is 0 Å². The fourth-order valence-electron chi connectivity index (χ4n) is 2.60. The molecule has 1 aliphatic rings. The standard InChI is InChI=1S/C17H25F2N3O3/c1-17(2,3)25-16(23)22-8-4-7-21(9-10-22)12-5-6-13(20)14(11-12)24-15(18)19/h5-6,11,15H,4,7-10,20H2,1-3H3. The molecule has 6 nitrogen and oxygen atoms in total. The SMILES string of the molecule is CC(C)(C)OC(=O)N1CCCN(c2ccc(N)c(OC(F)F)c2)CC1. The molecular weight excluding hydrogens is 332 g/mol. The maximum Gasteiger partial charge on any atom is 0.410 e. The largest absolute Gasteiger partial charge is 0.444 e. The van der Waals surface area contributed by atoms with Crippen molar-refractivity contribution in [1.29, 1.82) is 0 Å². The summed E-state index contributed by atoms with van der Waals surface area (Å²) in [6.45, 7) is 4.89. The van der Waals surface area contributed by atoms with Crippen LogP contribution in [0.25, 0.3) is 0 Å². The van der Waals surface area contributed by atoms with Gasteiger partial charge in [-0.15, -0.1) is 0 Å². The van der Waals surface area contributed by atoms with Crippen molar-refractivity contribution in [2.45, 2.75) is 39.4 Å². The van der Waals surface area contributed by atoms with Crippen LogP contribution in [0.4, 0.5) is 25.0 Å². The van der Waals surface area contributed by atoms with Crippen molar-refractivity contribution in [3.05, 3.63) is 18.2 Å². The van der Waals surface area contributed by atoms with E-state index in [1.807, 2.05) is 25.7 Å². The minimum atomic E-state index is -2.93. The van der Waals surface area contributed by atoms with E-state index in [4.69, 9.17) is 10.5 Å². The molecule has 1 fully saturated rings. The Bertz CT molecular complexity index is 605. The third-order valence-corrected chi connectivity index (χ3v) is 3.73. The highest BCUT2D eigenvalue weighted by Gasteiger charge is 2.24. The first-order valence-corrected chi connectivity index (χ1v) is 8.23. The van der Waals surface area contributed by atoms with E-state index >= 15 is 0 Å². The molecule has 0 radical (unpaired) electrons. The molecule has 0 aromatic heterocycles. The maximum atomic E-state index is 12.5. The number of nitrogen functional groups attached to an aromatic ring is 1. The first-order chi connectivity index (χ1) is 11.7. The molecule has 1 saturated heterocycles. The molecule has 0 saturated carbocycles. The summed E-state index contributed by atoms with van der Waals surface area (Å²) in [7, 11) is 0. The number of halogens is 2. The minimum absolute atomic E-state index is 0.0410. The Kier molecular flexibility index (Phi) is 5.92. The van der Waals surface area contributed by atoms with Gasteiger partial charge in [-0.25, -0.2) is 4.79 Å². The number of anilines is 2. The average Bonchev–Trinajstić information content (AvgIpc) is 2.73. The van der Waals surface area contributed by atoms with Gasteiger partial charge in [0.1, 0.15) is 5.60 Å². The second kappa shape index (κ2) is 7.76. The van der Waals surface area contributed by atoms with E-state index in [-0.39, 0.29) is 17.5 Å². The molecule has 1 amide bonds. The van der Waals surface area contributed by atoms with E-state index in [2.05, 4.69) is 4.74 Å². The normalized spacial score (nSPS) is 15.9. The third-order valence-electron chi connectivity index (χ3n) is 3.73. The summed E-state index contributed by atoms with van der Waals surface area (Å²) in [6.07, 6.45) is 0.405. The van der Waals surface area contributed by atoms with E-state index < -0.39 is 12.2 Å². The number of hydrogen-bond acceptors (Lipinski definition) is 5.